The standard InChI is InChI=1S/C13H23NS/c1-15-12-7-6-11(8-12)14-13(9-2-3-9)10-4-5-10/h9-14H,2-8H2,1H3/t11-,12+/m1/s1. The van der Waals surface area contributed by atoms with E-state index in [9.17, 15) is 0 Å². The number of thioether (sulfide) groups is 1. The van der Waals surface area contributed by atoms with Gasteiger partial charge < -0.3 is 5.32 Å². The third-order valence-electron chi connectivity index (χ3n) is 4.41. The lowest BCUT2D eigenvalue weighted by atomic mass is 10.1. The maximum absolute atomic E-state index is 3.99. The molecule has 3 aliphatic carbocycles. The Kier molecular flexibility index (Phi) is 2.99. The average Bonchev–Trinajstić information content (AvgIpc) is 3.14. The van der Waals surface area contributed by atoms with Crippen molar-refractivity contribution in [2.75, 3.05) is 6.26 Å². The van der Waals surface area contributed by atoms with Crippen LogP contribution in [0.3, 0.4) is 0 Å². The smallest absolute Gasteiger partial charge is 0.0126 e. The minimum absolute atomic E-state index is 0.855. The molecule has 0 aromatic carbocycles. The zero-order valence-corrected chi connectivity index (χ0v) is 10.6. The molecule has 3 rings (SSSR count). The van der Waals surface area contributed by atoms with Gasteiger partial charge in [-0.05, 0) is 63.0 Å². The molecular formula is C13H23NS. The molecule has 3 saturated carbocycles. The molecule has 15 heavy (non-hydrogen) atoms. The van der Waals surface area contributed by atoms with Crippen molar-refractivity contribution < 1.29 is 0 Å². The minimum atomic E-state index is 0.855. The molecular weight excluding hydrogens is 202 g/mol. The van der Waals surface area contributed by atoms with E-state index in [-0.39, 0.29) is 0 Å². The molecule has 0 amide bonds. The Hall–Kier alpha value is 0.310. The molecule has 86 valence electrons. The van der Waals surface area contributed by atoms with E-state index in [0.29, 0.717) is 0 Å². The summed E-state index contributed by atoms with van der Waals surface area (Å²) in [7, 11) is 0. The maximum atomic E-state index is 3.99. The summed E-state index contributed by atoms with van der Waals surface area (Å²) in [5.41, 5.74) is 0. The zero-order valence-electron chi connectivity index (χ0n) is 9.74. The van der Waals surface area contributed by atoms with Gasteiger partial charge in [0.15, 0.2) is 0 Å². The van der Waals surface area contributed by atoms with Crippen molar-refractivity contribution in [3.63, 3.8) is 0 Å². The van der Waals surface area contributed by atoms with Gasteiger partial charge in [0.25, 0.3) is 0 Å². The number of hydrogen-bond donors (Lipinski definition) is 1. The number of hydrogen-bond acceptors (Lipinski definition) is 2. The molecule has 1 nitrogen and oxygen atoms in total. The van der Waals surface area contributed by atoms with Gasteiger partial charge in [-0.1, -0.05) is 0 Å². The molecule has 0 aromatic heterocycles. The van der Waals surface area contributed by atoms with Crippen LogP contribution >= 0.6 is 11.8 Å². The predicted octanol–water partition coefficient (Wildman–Crippen LogP) is 3.05. The Bertz CT molecular complexity index is 211. The van der Waals surface area contributed by atoms with Crippen LogP contribution in [0.15, 0.2) is 0 Å². The monoisotopic (exact) mass is 225 g/mol. The zero-order chi connectivity index (χ0) is 10.3. The van der Waals surface area contributed by atoms with Gasteiger partial charge in [0.2, 0.25) is 0 Å². The highest BCUT2D eigenvalue weighted by Crippen LogP contribution is 2.45. The lowest BCUT2D eigenvalue weighted by molar-refractivity contribution is 0.363. The number of rotatable bonds is 5. The van der Waals surface area contributed by atoms with Crippen LogP contribution in [0.5, 0.6) is 0 Å². The summed E-state index contributed by atoms with van der Waals surface area (Å²) in [6, 6.07) is 1.77. The van der Waals surface area contributed by atoms with Crippen molar-refractivity contribution in [3.05, 3.63) is 0 Å². The first-order valence-corrected chi connectivity index (χ1v) is 7.94. The van der Waals surface area contributed by atoms with E-state index in [4.69, 9.17) is 0 Å². The summed E-state index contributed by atoms with van der Waals surface area (Å²) in [5, 5.41) is 4.94. The van der Waals surface area contributed by atoms with Gasteiger partial charge in [0, 0.05) is 17.3 Å². The van der Waals surface area contributed by atoms with Crippen molar-refractivity contribution in [1.82, 2.24) is 5.32 Å². The highest BCUT2D eigenvalue weighted by molar-refractivity contribution is 7.99. The largest absolute Gasteiger partial charge is 0.311 e. The normalized spacial score (nSPS) is 36.4. The highest BCUT2D eigenvalue weighted by atomic mass is 32.2. The lowest BCUT2D eigenvalue weighted by Crippen LogP contribution is -2.40. The first-order valence-electron chi connectivity index (χ1n) is 6.65. The van der Waals surface area contributed by atoms with Crippen molar-refractivity contribution in [2.24, 2.45) is 11.8 Å². The first kappa shape index (κ1) is 10.5. The van der Waals surface area contributed by atoms with E-state index in [1.807, 2.05) is 0 Å². The Labute approximate surface area is 97.8 Å². The summed E-state index contributed by atoms with van der Waals surface area (Å²) in [6.07, 6.45) is 12.6. The van der Waals surface area contributed by atoms with Gasteiger partial charge in [0.05, 0.1) is 0 Å². The summed E-state index contributed by atoms with van der Waals surface area (Å²) >= 11 is 2.07. The molecule has 0 saturated heterocycles. The fraction of sp³-hybridized carbons (Fsp3) is 1.00. The van der Waals surface area contributed by atoms with Crippen LogP contribution in [0.25, 0.3) is 0 Å². The SMILES string of the molecule is CS[C@H]1CC[C@@H](NC(C2CC2)C2CC2)C1. The van der Waals surface area contributed by atoms with Gasteiger partial charge in [-0.3, -0.25) is 0 Å². The van der Waals surface area contributed by atoms with Crippen LogP contribution in [0, 0.1) is 11.8 Å². The van der Waals surface area contributed by atoms with Crippen molar-refractivity contribution in [1.29, 1.82) is 0 Å². The van der Waals surface area contributed by atoms with Crippen LogP contribution in [-0.4, -0.2) is 23.6 Å². The van der Waals surface area contributed by atoms with Crippen LogP contribution < -0.4 is 5.32 Å². The summed E-state index contributed by atoms with van der Waals surface area (Å²) < 4.78 is 0. The molecule has 0 heterocycles. The van der Waals surface area contributed by atoms with E-state index in [1.165, 1.54) is 44.9 Å². The molecule has 3 aliphatic rings. The number of nitrogens with one attached hydrogen (secondary N) is 1. The van der Waals surface area contributed by atoms with E-state index in [1.54, 1.807) is 0 Å². The van der Waals surface area contributed by atoms with Gasteiger partial charge in [-0.2, -0.15) is 11.8 Å². The highest BCUT2D eigenvalue weighted by Gasteiger charge is 2.42. The molecule has 2 atom stereocenters. The van der Waals surface area contributed by atoms with E-state index in [0.717, 1.165) is 29.2 Å². The molecule has 0 unspecified atom stereocenters. The van der Waals surface area contributed by atoms with Gasteiger partial charge in [-0.15, -0.1) is 0 Å². The third-order valence-corrected chi connectivity index (χ3v) is 5.50. The van der Waals surface area contributed by atoms with Crippen molar-refractivity contribution in [3.8, 4) is 0 Å². The molecule has 3 fully saturated rings. The second-order valence-corrected chi connectivity index (χ2v) is 6.87. The predicted molar refractivity (Wildman–Crippen MR) is 67.3 cm³/mol. The Morgan fingerprint density at radius 3 is 2.13 bits per heavy atom. The second-order valence-electron chi connectivity index (χ2n) is 5.73. The lowest BCUT2D eigenvalue weighted by Gasteiger charge is -2.22. The van der Waals surface area contributed by atoms with Crippen LogP contribution in [0.2, 0.25) is 0 Å². The molecule has 0 aliphatic heterocycles. The molecule has 0 aromatic rings. The second kappa shape index (κ2) is 4.29. The fourth-order valence-corrected chi connectivity index (χ4v) is 3.94. The summed E-state index contributed by atoms with van der Waals surface area (Å²) in [6.45, 7) is 0. The van der Waals surface area contributed by atoms with Gasteiger partial charge in [0.1, 0.15) is 0 Å². The topological polar surface area (TPSA) is 12.0 Å². The van der Waals surface area contributed by atoms with Crippen LogP contribution in [-0.2, 0) is 0 Å². The Morgan fingerprint density at radius 1 is 1.00 bits per heavy atom. The Balaban J connectivity index is 1.50. The molecule has 1 N–H and O–H groups in total. The van der Waals surface area contributed by atoms with E-state index < -0.39 is 0 Å². The minimum Gasteiger partial charge on any atom is -0.311 e. The fourth-order valence-electron chi connectivity index (χ4n) is 3.15. The summed E-state index contributed by atoms with van der Waals surface area (Å²) in [5.74, 6) is 2.12. The Morgan fingerprint density at radius 2 is 1.67 bits per heavy atom. The van der Waals surface area contributed by atoms with Crippen molar-refractivity contribution in [2.45, 2.75) is 62.3 Å². The van der Waals surface area contributed by atoms with E-state index >= 15 is 0 Å². The van der Waals surface area contributed by atoms with Crippen LogP contribution in [0.4, 0.5) is 0 Å². The van der Waals surface area contributed by atoms with E-state index in [2.05, 4.69) is 23.3 Å². The third kappa shape index (κ3) is 2.52. The molecule has 0 bridgehead atoms. The molecule has 2 heteroatoms. The summed E-state index contributed by atoms with van der Waals surface area (Å²) in [4.78, 5) is 0. The first-order chi connectivity index (χ1) is 7.36. The quantitative estimate of drug-likeness (QED) is 0.772. The average molecular weight is 225 g/mol. The van der Waals surface area contributed by atoms with Gasteiger partial charge >= 0.3 is 0 Å². The maximum Gasteiger partial charge on any atom is 0.0126 e. The molecule has 0 spiro atoms. The molecule has 0 radical (unpaired) electrons. The van der Waals surface area contributed by atoms with Gasteiger partial charge in [-0.25, -0.2) is 0 Å². The van der Waals surface area contributed by atoms with Crippen molar-refractivity contribution >= 4 is 11.8 Å². The van der Waals surface area contributed by atoms with Crippen LogP contribution in [0.1, 0.15) is 44.9 Å².